The van der Waals surface area contributed by atoms with Gasteiger partial charge in [0.25, 0.3) is 0 Å². The number of aliphatic hydroxyl groups excluding tert-OH is 4. The molecule has 11 nitrogen and oxygen atoms in total. The third kappa shape index (κ3) is 6.64. The van der Waals surface area contributed by atoms with Crippen molar-refractivity contribution in [1.29, 1.82) is 0 Å². The monoisotopic (exact) mass is 544 g/mol. The highest BCUT2D eigenvalue weighted by Gasteiger charge is 2.50. The number of hydrogen-bond donors (Lipinski definition) is 4. The molecule has 1 aliphatic carbocycles. The Morgan fingerprint density at radius 2 is 1.82 bits per heavy atom. The van der Waals surface area contributed by atoms with E-state index in [1.165, 1.54) is 19.4 Å². The third-order valence-electron chi connectivity index (χ3n) is 6.87. The molecule has 8 atom stereocenters. The highest BCUT2D eigenvalue weighted by molar-refractivity contribution is 5.89. The summed E-state index contributed by atoms with van der Waals surface area (Å²) in [4.78, 5) is 24.7. The number of ether oxygens (including phenoxy) is 5. The highest BCUT2D eigenvalue weighted by Crippen LogP contribution is 2.44. The van der Waals surface area contributed by atoms with Gasteiger partial charge >= 0.3 is 11.9 Å². The molecular weight excluding hydrogens is 512 g/mol. The maximum atomic E-state index is 12.4. The highest BCUT2D eigenvalue weighted by atomic mass is 16.8. The molecule has 2 heterocycles. The van der Waals surface area contributed by atoms with E-state index in [9.17, 15) is 30.0 Å². The van der Waals surface area contributed by atoms with E-state index in [1.807, 2.05) is 42.5 Å². The summed E-state index contributed by atoms with van der Waals surface area (Å²) in [6.07, 6.45) is 1.28. The first-order chi connectivity index (χ1) is 18.8. The van der Waals surface area contributed by atoms with E-state index in [0.717, 1.165) is 5.56 Å². The van der Waals surface area contributed by atoms with Gasteiger partial charge in [-0.15, -0.1) is 0 Å². The Hall–Kier alpha value is -3.32. The lowest BCUT2D eigenvalue weighted by Crippen LogP contribution is -2.60. The van der Waals surface area contributed by atoms with Crippen LogP contribution in [0, 0.1) is 11.8 Å². The number of benzene rings is 1. The quantitative estimate of drug-likeness (QED) is 0.149. The fourth-order valence-electron chi connectivity index (χ4n) is 4.79. The number of carbonyl (C=O) groups excluding carboxylic acids is 2. The van der Waals surface area contributed by atoms with Gasteiger partial charge in [0.05, 0.1) is 31.5 Å². The van der Waals surface area contributed by atoms with E-state index in [1.54, 1.807) is 12.2 Å². The molecular formula is C28H32O11. The zero-order valence-electron chi connectivity index (χ0n) is 21.2. The van der Waals surface area contributed by atoms with Crippen molar-refractivity contribution in [3.05, 3.63) is 77.6 Å². The number of esters is 2. The van der Waals surface area contributed by atoms with Crippen molar-refractivity contribution in [3.8, 4) is 0 Å². The number of fused-ring (bicyclic) bond motifs is 1. The van der Waals surface area contributed by atoms with Crippen molar-refractivity contribution in [3.63, 3.8) is 0 Å². The molecule has 3 aliphatic rings. The van der Waals surface area contributed by atoms with Crippen LogP contribution in [0.25, 0.3) is 6.08 Å². The molecule has 1 aromatic rings. The van der Waals surface area contributed by atoms with E-state index >= 15 is 0 Å². The van der Waals surface area contributed by atoms with E-state index in [-0.39, 0.29) is 12.2 Å². The molecule has 1 saturated heterocycles. The van der Waals surface area contributed by atoms with E-state index in [4.69, 9.17) is 23.7 Å². The van der Waals surface area contributed by atoms with Crippen molar-refractivity contribution >= 4 is 18.0 Å². The molecule has 1 aromatic carbocycles. The molecule has 0 bridgehead atoms. The Morgan fingerprint density at radius 1 is 1.05 bits per heavy atom. The average Bonchev–Trinajstić information content (AvgIpc) is 3.39. The van der Waals surface area contributed by atoms with Crippen LogP contribution in [0.4, 0.5) is 0 Å². The number of allylic oxidation sites excluding steroid dienone is 3. The van der Waals surface area contributed by atoms with Crippen LogP contribution >= 0.6 is 0 Å². The van der Waals surface area contributed by atoms with Gasteiger partial charge in [-0.1, -0.05) is 54.6 Å². The smallest absolute Gasteiger partial charge is 0.337 e. The first-order valence-corrected chi connectivity index (χ1v) is 12.5. The molecule has 2 aliphatic heterocycles. The number of hydrogen-bond acceptors (Lipinski definition) is 11. The Bertz CT molecular complexity index is 1120. The normalized spacial score (nSPS) is 32.3. The van der Waals surface area contributed by atoms with Crippen LogP contribution < -0.4 is 0 Å². The maximum Gasteiger partial charge on any atom is 0.337 e. The van der Waals surface area contributed by atoms with Gasteiger partial charge < -0.3 is 44.1 Å². The zero-order valence-corrected chi connectivity index (χ0v) is 21.2. The first kappa shape index (κ1) is 28.7. The number of rotatable bonds is 9. The minimum atomic E-state index is -1.64. The second-order valence-electron chi connectivity index (χ2n) is 9.29. The summed E-state index contributed by atoms with van der Waals surface area (Å²) in [6, 6.07) is 9.58. The summed E-state index contributed by atoms with van der Waals surface area (Å²) in [5, 5.41) is 40.0. The molecule has 4 rings (SSSR count). The minimum absolute atomic E-state index is 0.112. The second-order valence-corrected chi connectivity index (χ2v) is 9.29. The topological polar surface area (TPSA) is 161 Å². The Kier molecular flexibility index (Phi) is 9.68. The number of carbonyl (C=O) groups is 2. The molecule has 39 heavy (non-hydrogen) atoms. The van der Waals surface area contributed by atoms with Crippen LogP contribution in [-0.4, -0.2) is 89.7 Å². The van der Waals surface area contributed by atoms with Gasteiger partial charge in [-0.3, -0.25) is 0 Å². The van der Waals surface area contributed by atoms with Crippen molar-refractivity contribution in [1.82, 2.24) is 0 Å². The summed E-state index contributed by atoms with van der Waals surface area (Å²) in [6.45, 7) is -0.733. The lowest BCUT2D eigenvalue weighted by atomic mass is 9.83. The fourth-order valence-corrected chi connectivity index (χ4v) is 4.79. The summed E-state index contributed by atoms with van der Waals surface area (Å²) in [5.74, 6) is -2.22. The first-order valence-electron chi connectivity index (χ1n) is 12.5. The number of aliphatic hydroxyl groups is 4. The van der Waals surface area contributed by atoms with Gasteiger partial charge in [0.15, 0.2) is 6.29 Å². The van der Waals surface area contributed by atoms with Gasteiger partial charge in [0.1, 0.15) is 31.0 Å². The minimum Gasteiger partial charge on any atom is -0.471 e. The second kappa shape index (κ2) is 13.2. The lowest BCUT2D eigenvalue weighted by Gasteiger charge is -2.42. The largest absolute Gasteiger partial charge is 0.471 e. The molecule has 0 amide bonds. The van der Waals surface area contributed by atoms with Crippen molar-refractivity contribution in [2.45, 2.75) is 43.4 Å². The van der Waals surface area contributed by atoms with Crippen LogP contribution in [0.1, 0.15) is 12.0 Å². The molecule has 0 aromatic heterocycles. The van der Waals surface area contributed by atoms with Crippen LogP contribution in [0.3, 0.4) is 0 Å². The molecule has 0 unspecified atom stereocenters. The Labute approximate surface area is 225 Å². The Morgan fingerprint density at radius 3 is 2.54 bits per heavy atom. The van der Waals surface area contributed by atoms with Crippen LogP contribution in [0.5, 0.6) is 0 Å². The summed E-state index contributed by atoms with van der Waals surface area (Å²) < 4.78 is 27.3. The molecule has 0 spiro atoms. The van der Waals surface area contributed by atoms with Crippen LogP contribution in [0.15, 0.2) is 72.0 Å². The summed E-state index contributed by atoms with van der Waals surface area (Å²) in [7, 11) is 1.25. The molecule has 11 heteroatoms. The predicted octanol–water partition coefficient (Wildman–Crippen LogP) is 0.591. The maximum absolute atomic E-state index is 12.4. The van der Waals surface area contributed by atoms with Gasteiger partial charge in [-0.2, -0.15) is 0 Å². The average molecular weight is 545 g/mol. The summed E-state index contributed by atoms with van der Waals surface area (Å²) >= 11 is 0. The molecule has 1 fully saturated rings. The Balaban J connectivity index is 1.43. The van der Waals surface area contributed by atoms with Gasteiger partial charge in [-0.05, 0) is 17.6 Å². The zero-order chi connectivity index (χ0) is 27.9. The van der Waals surface area contributed by atoms with Crippen molar-refractivity contribution in [2.75, 3.05) is 20.3 Å². The SMILES string of the molecule is COC(=O)C1=CO[C@@H](O[C@@H]2O[C@H](CO)[C@@H](O)[C@H](O)[C@H]2O)[C@@H]2C(COC(=O)/C=C/C=C/c3ccccc3)=CC[C@H]12. The van der Waals surface area contributed by atoms with Crippen LogP contribution in [0.2, 0.25) is 0 Å². The standard InChI is InChI=1S/C28H32O11/c1-35-26(34)19-15-37-27(39-28-25(33)24(32)23(31)20(13-29)38-28)22-17(11-12-18(19)22)14-36-21(30)10-6-5-9-16-7-3-2-4-8-16/h2-11,15,18,20,22-25,27-29,31-33H,12-14H2,1H3/b9-5+,10-6+/t18-,20-,22-,23-,24+,25-,27+,28+/m1/s1. The fraction of sp³-hybridized carbons (Fsp3) is 0.429. The van der Waals surface area contributed by atoms with E-state index < -0.39 is 67.4 Å². The predicted molar refractivity (Wildman–Crippen MR) is 135 cm³/mol. The van der Waals surface area contributed by atoms with Crippen molar-refractivity contribution < 1.29 is 53.7 Å². The van der Waals surface area contributed by atoms with E-state index in [2.05, 4.69) is 0 Å². The molecule has 210 valence electrons. The van der Waals surface area contributed by atoms with Gasteiger partial charge in [0, 0.05) is 12.0 Å². The van der Waals surface area contributed by atoms with Crippen LogP contribution in [-0.2, 0) is 33.3 Å². The molecule has 0 saturated carbocycles. The number of methoxy groups -OCH3 is 1. The van der Waals surface area contributed by atoms with Gasteiger partial charge in [-0.25, -0.2) is 9.59 Å². The summed E-state index contributed by atoms with van der Waals surface area (Å²) in [5.41, 5.74) is 1.86. The van der Waals surface area contributed by atoms with Crippen molar-refractivity contribution in [2.24, 2.45) is 11.8 Å². The third-order valence-corrected chi connectivity index (χ3v) is 6.87. The van der Waals surface area contributed by atoms with Gasteiger partial charge in [0.2, 0.25) is 6.29 Å². The van der Waals surface area contributed by atoms with E-state index in [0.29, 0.717) is 12.0 Å². The molecule has 0 radical (unpaired) electrons. The molecule has 4 N–H and O–H groups in total. The lowest BCUT2D eigenvalue weighted by molar-refractivity contribution is -0.339.